The first-order chi connectivity index (χ1) is 12.5. The van der Waals surface area contributed by atoms with E-state index in [2.05, 4.69) is 26.2 Å². The molecule has 1 unspecified atom stereocenters. The van der Waals surface area contributed by atoms with Crippen LogP contribution in [0.5, 0.6) is 0 Å². The molecule has 0 saturated carbocycles. The molecule has 1 atom stereocenters. The van der Waals surface area contributed by atoms with E-state index < -0.39 is 5.25 Å². The van der Waals surface area contributed by atoms with Crippen LogP contribution in [0.1, 0.15) is 18.4 Å². The lowest BCUT2D eigenvalue weighted by Crippen LogP contribution is -2.29. The fourth-order valence-electron chi connectivity index (χ4n) is 2.24. The van der Waals surface area contributed by atoms with Gasteiger partial charge in [0, 0.05) is 24.3 Å². The number of nitrogens with zero attached hydrogens (tertiary/aromatic N) is 2. The predicted octanol–water partition coefficient (Wildman–Crippen LogP) is 2.24. The molecule has 0 bridgehead atoms. The van der Waals surface area contributed by atoms with Gasteiger partial charge in [0.15, 0.2) is 9.49 Å². The summed E-state index contributed by atoms with van der Waals surface area (Å²) in [5.41, 5.74) is 4.66. The Labute approximate surface area is 164 Å². The Morgan fingerprint density at radius 1 is 1.42 bits per heavy atom. The van der Waals surface area contributed by atoms with Crippen molar-refractivity contribution in [2.24, 2.45) is 10.1 Å². The second kappa shape index (κ2) is 8.65. The summed E-state index contributed by atoms with van der Waals surface area (Å²) in [6, 6.07) is 7.50. The fourth-order valence-corrected chi connectivity index (χ4v) is 4.17. The number of hydrogen-bond donors (Lipinski definition) is 3. The van der Waals surface area contributed by atoms with Crippen LogP contribution in [-0.4, -0.2) is 38.1 Å². The quantitative estimate of drug-likeness (QED) is 0.523. The van der Waals surface area contributed by atoms with Crippen molar-refractivity contribution in [2.75, 3.05) is 11.1 Å². The molecule has 7 nitrogen and oxygen atoms in total. The zero-order chi connectivity index (χ0) is 18.5. The lowest BCUT2D eigenvalue weighted by atomic mass is 10.2. The van der Waals surface area contributed by atoms with Crippen molar-refractivity contribution in [3.8, 4) is 0 Å². The zero-order valence-corrected chi connectivity index (χ0v) is 16.4. The minimum atomic E-state index is -0.508. The average Bonchev–Trinajstić information content (AvgIpc) is 2.95. The summed E-state index contributed by atoms with van der Waals surface area (Å²) in [6.07, 6.45) is 0.813. The standard InChI is InChI=1S/C16H17N5O2S3/c1-9-2-4-10(5-3-9)17-13(22)8-11-14(23)19-15(26-11)21-20-12-6-7-25-16(24)18-12/h2-5,11H,6-8H2,1H3,(H,17,22)(H,18,20,24)(H,19,21,23). The molecule has 3 rings (SSSR count). The van der Waals surface area contributed by atoms with Crippen LogP contribution in [0.25, 0.3) is 0 Å². The van der Waals surface area contributed by atoms with E-state index in [-0.39, 0.29) is 18.2 Å². The number of aliphatic imine (C=N–C) groups is 1. The number of thiocarbonyl (C=S) groups is 1. The lowest BCUT2D eigenvalue weighted by molar-refractivity contribution is -0.122. The highest BCUT2D eigenvalue weighted by Crippen LogP contribution is 2.23. The summed E-state index contributed by atoms with van der Waals surface area (Å²) < 4.78 is 0.577. The van der Waals surface area contributed by atoms with Gasteiger partial charge in [-0.3, -0.25) is 15.0 Å². The SMILES string of the molecule is Cc1ccc(NC(=O)CC2S/C(=N/NC3=NC(=S)SCC3)NC2=O)cc1. The van der Waals surface area contributed by atoms with Gasteiger partial charge < -0.3 is 10.6 Å². The maximum Gasteiger partial charge on any atom is 0.240 e. The molecule has 1 aromatic carbocycles. The van der Waals surface area contributed by atoms with E-state index in [0.717, 1.165) is 17.7 Å². The molecule has 2 heterocycles. The highest BCUT2D eigenvalue weighted by Gasteiger charge is 2.32. The first-order valence-electron chi connectivity index (χ1n) is 7.91. The molecule has 1 saturated heterocycles. The predicted molar refractivity (Wildman–Crippen MR) is 112 cm³/mol. The number of amides is 2. The first-order valence-corrected chi connectivity index (χ1v) is 10.2. The Balaban J connectivity index is 1.52. The number of hydrazone groups is 1. The van der Waals surface area contributed by atoms with E-state index in [1.54, 1.807) is 0 Å². The van der Waals surface area contributed by atoms with Crippen LogP contribution < -0.4 is 16.1 Å². The summed E-state index contributed by atoms with van der Waals surface area (Å²) in [4.78, 5) is 28.4. The third-order valence-corrected chi connectivity index (χ3v) is 5.83. The molecule has 3 N–H and O–H groups in total. The van der Waals surface area contributed by atoms with Gasteiger partial charge in [0.25, 0.3) is 0 Å². The van der Waals surface area contributed by atoms with Gasteiger partial charge >= 0.3 is 0 Å². The third kappa shape index (κ3) is 5.29. The number of thioether (sulfide) groups is 2. The largest absolute Gasteiger partial charge is 0.326 e. The zero-order valence-electron chi connectivity index (χ0n) is 13.9. The van der Waals surface area contributed by atoms with Crippen molar-refractivity contribution in [2.45, 2.75) is 25.0 Å². The van der Waals surface area contributed by atoms with Gasteiger partial charge in [0.2, 0.25) is 11.8 Å². The van der Waals surface area contributed by atoms with Crippen molar-refractivity contribution in [3.05, 3.63) is 29.8 Å². The Bertz CT molecular complexity index is 792. The number of anilines is 1. The summed E-state index contributed by atoms with van der Waals surface area (Å²) in [7, 11) is 0. The number of carbonyl (C=O) groups excluding carboxylic acids is 2. The van der Waals surface area contributed by atoms with E-state index in [1.807, 2.05) is 31.2 Å². The molecule has 2 amide bonds. The van der Waals surface area contributed by atoms with Crippen LogP contribution in [0, 0.1) is 6.92 Å². The molecule has 0 radical (unpaired) electrons. The molecular formula is C16H17N5O2S3. The maximum absolute atomic E-state index is 12.2. The van der Waals surface area contributed by atoms with Crippen molar-refractivity contribution in [3.63, 3.8) is 0 Å². The van der Waals surface area contributed by atoms with Crippen molar-refractivity contribution in [1.82, 2.24) is 10.7 Å². The van der Waals surface area contributed by atoms with E-state index in [0.29, 0.717) is 21.0 Å². The van der Waals surface area contributed by atoms with Gasteiger partial charge in [-0.25, -0.2) is 4.99 Å². The second-order valence-electron chi connectivity index (χ2n) is 5.67. The van der Waals surface area contributed by atoms with E-state index in [1.165, 1.54) is 23.5 Å². The number of nitrogens with one attached hydrogen (secondary N) is 3. The van der Waals surface area contributed by atoms with Gasteiger partial charge in [0.1, 0.15) is 11.1 Å². The third-order valence-electron chi connectivity index (χ3n) is 3.56. The number of aryl methyl sites for hydroxylation is 1. The molecule has 0 aliphatic carbocycles. The normalized spacial score (nSPS) is 21.3. The van der Waals surface area contributed by atoms with Crippen LogP contribution in [-0.2, 0) is 9.59 Å². The Morgan fingerprint density at radius 2 is 2.19 bits per heavy atom. The molecule has 2 aliphatic rings. The van der Waals surface area contributed by atoms with Crippen LogP contribution in [0.3, 0.4) is 0 Å². The Morgan fingerprint density at radius 3 is 2.92 bits per heavy atom. The molecular weight excluding hydrogens is 390 g/mol. The summed E-state index contributed by atoms with van der Waals surface area (Å²) in [6.45, 7) is 1.98. The topological polar surface area (TPSA) is 94.9 Å². The van der Waals surface area contributed by atoms with Crippen LogP contribution >= 0.6 is 35.7 Å². The highest BCUT2D eigenvalue weighted by molar-refractivity contribution is 8.23. The summed E-state index contributed by atoms with van der Waals surface area (Å²) in [5.74, 6) is 1.09. The van der Waals surface area contributed by atoms with Crippen LogP contribution in [0.15, 0.2) is 34.4 Å². The molecule has 0 aromatic heterocycles. The molecule has 136 valence electrons. The fraction of sp³-hybridized carbons (Fsp3) is 0.312. The molecule has 1 aromatic rings. The van der Waals surface area contributed by atoms with Crippen molar-refractivity contribution >= 4 is 68.6 Å². The monoisotopic (exact) mass is 407 g/mol. The minimum Gasteiger partial charge on any atom is -0.326 e. The van der Waals surface area contributed by atoms with Gasteiger partial charge in [-0.2, -0.15) is 0 Å². The van der Waals surface area contributed by atoms with Crippen molar-refractivity contribution in [1.29, 1.82) is 0 Å². The number of carbonyl (C=O) groups is 2. The first kappa shape index (κ1) is 18.9. The summed E-state index contributed by atoms with van der Waals surface area (Å²) in [5, 5.41) is 9.53. The van der Waals surface area contributed by atoms with Gasteiger partial charge in [-0.1, -0.05) is 53.4 Å². The molecule has 26 heavy (non-hydrogen) atoms. The Hall–Kier alpha value is -1.91. The summed E-state index contributed by atoms with van der Waals surface area (Å²) >= 11 is 7.79. The maximum atomic E-state index is 12.2. The average molecular weight is 408 g/mol. The van der Waals surface area contributed by atoms with Gasteiger partial charge in [0.05, 0.1) is 0 Å². The van der Waals surface area contributed by atoms with Crippen LogP contribution in [0.2, 0.25) is 0 Å². The highest BCUT2D eigenvalue weighted by atomic mass is 32.2. The molecule has 2 aliphatic heterocycles. The lowest BCUT2D eigenvalue weighted by Gasteiger charge is -2.10. The molecule has 0 spiro atoms. The second-order valence-corrected chi connectivity index (χ2v) is 8.59. The van der Waals surface area contributed by atoms with Crippen LogP contribution in [0.4, 0.5) is 5.69 Å². The van der Waals surface area contributed by atoms with E-state index >= 15 is 0 Å². The smallest absolute Gasteiger partial charge is 0.240 e. The number of benzene rings is 1. The van der Waals surface area contributed by atoms with E-state index in [9.17, 15) is 9.59 Å². The van der Waals surface area contributed by atoms with Crippen molar-refractivity contribution < 1.29 is 9.59 Å². The molecule has 1 fully saturated rings. The van der Waals surface area contributed by atoms with Gasteiger partial charge in [-0.15, -0.1) is 5.10 Å². The van der Waals surface area contributed by atoms with E-state index in [4.69, 9.17) is 12.2 Å². The Kier molecular flexibility index (Phi) is 6.28. The minimum absolute atomic E-state index is 0.0745. The number of hydrogen-bond acceptors (Lipinski definition) is 7. The molecule has 10 heteroatoms. The van der Waals surface area contributed by atoms with Gasteiger partial charge in [-0.05, 0) is 19.1 Å². The number of amidine groups is 2. The number of rotatable bonds is 4.